The molecule has 1 fully saturated rings. The molecule has 1 atom stereocenters. The maximum absolute atomic E-state index is 13.2. The molecule has 8 nitrogen and oxygen atoms in total. The van der Waals surface area contributed by atoms with Gasteiger partial charge in [0.2, 0.25) is 10.0 Å². The van der Waals surface area contributed by atoms with Crippen molar-refractivity contribution >= 4 is 21.9 Å². The van der Waals surface area contributed by atoms with E-state index in [9.17, 15) is 8.42 Å². The van der Waals surface area contributed by atoms with Gasteiger partial charge in [-0.25, -0.2) is 13.4 Å². The summed E-state index contributed by atoms with van der Waals surface area (Å²) in [5.41, 5.74) is 8.45. The summed E-state index contributed by atoms with van der Waals surface area (Å²) in [6.07, 6.45) is 7.01. The topological polar surface area (TPSA) is 95.1 Å². The van der Waals surface area contributed by atoms with Gasteiger partial charge in [0.1, 0.15) is 5.82 Å². The number of benzene rings is 1. The Bertz CT molecular complexity index is 1080. The van der Waals surface area contributed by atoms with Crippen molar-refractivity contribution in [3.05, 3.63) is 65.9 Å². The van der Waals surface area contributed by atoms with Crippen molar-refractivity contribution in [1.29, 1.82) is 0 Å². The van der Waals surface area contributed by atoms with Crippen LogP contribution in [0.2, 0.25) is 0 Å². The molecule has 0 radical (unpaired) electrons. The van der Waals surface area contributed by atoms with Gasteiger partial charge in [-0.05, 0) is 43.3 Å². The third-order valence-corrected chi connectivity index (χ3v) is 7.56. The van der Waals surface area contributed by atoms with Crippen LogP contribution in [0, 0.1) is 6.92 Å². The first-order chi connectivity index (χ1) is 14.4. The van der Waals surface area contributed by atoms with E-state index < -0.39 is 10.0 Å². The van der Waals surface area contributed by atoms with E-state index in [1.807, 2.05) is 43.1 Å². The Kier molecular flexibility index (Phi) is 5.59. The predicted octanol–water partition coefficient (Wildman–Crippen LogP) is 1.72. The van der Waals surface area contributed by atoms with Crippen LogP contribution in [-0.4, -0.2) is 62.0 Å². The van der Waals surface area contributed by atoms with Crippen LogP contribution in [-0.2, 0) is 10.0 Å². The van der Waals surface area contributed by atoms with Crippen molar-refractivity contribution in [2.24, 2.45) is 10.7 Å². The second-order valence-corrected chi connectivity index (χ2v) is 9.53. The van der Waals surface area contributed by atoms with Gasteiger partial charge in [-0.15, -0.1) is 0 Å². The molecule has 0 spiro atoms. The summed E-state index contributed by atoms with van der Waals surface area (Å²) in [5, 5.41) is 0. The van der Waals surface area contributed by atoms with E-state index in [-0.39, 0.29) is 6.04 Å². The Balaban J connectivity index is 1.65. The number of sulfonamides is 1. The highest BCUT2D eigenvalue weighted by Crippen LogP contribution is 2.31. The largest absolute Gasteiger partial charge is 0.382 e. The lowest BCUT2D eigenvalue weighted by molar-refractivity contribution is 0.222. The summed E-state index contributed by atoms with van der Waals surface area (Å²) < 4.78 is 27.9. The van der Waals surface area contributed by atoms with Crippen molar-refractivity contribution in [1.82, 2.24) is 14.2 Å². The molecule has 30 heavy (non-hydrogen) atoms. The van der Waals surface area contributed by atoms with Crippen molar-refractivity contribution in [3.8, 4) is 0 Å². The molecule has 1 saturated heterocycles. The zero-order chi connectivity index (χ0) is 21.3. The standard InChI is InChI=1S/C21H26N6O2S/c1-16-12-17(5-6-20(16)30(28,29)26-10-8-25(2)9-11-26)19-14-24-21(22)15-27(19)18-4-3-7-23-13-18/h3-7,12-15,19H,8-11,22H2,1-2H3. The summed E-state index contributed by atoms with van der Waals surface area (Å²) in [6, 6.07) is 9.07. The van der Waals surface area contributed by atoms with Gasteiger partial charge in [0.05, 0.1) is 22.8 Å². The first-order valence-electron chi connectivity index (χ1n) is 9.85. The summed E-state index contributed by atoms with van der Waals surface area (Å²) >= 11 is 0. The first kappa shape index (κ1) is 20.5. The van der Waals surface area contributed by atoms with E-state index >= 15 is 0 Å². The minimum absolute atomic E-state index is 0.208. The molecule has 1 unspecified atom stereocenters. The molecule has 0 saturated carbocycles. The quantitative estimate of drug-likeness (QED) is 0.800. The SMILES string of the molecule is Cc1cc(C2C=NC(N)=CN2c2cccnc2)ccc1S(=O)(=O)N1CCN(C)CC1. The third kappa shape index (κ3) is 3.96. The number of rotatable bonds is 4. The van der Waals surface area contributed by atoms with Crippen molar-refractivity contribution in [2.45, 2.75) is 17.9 Å². The Labute approximate surface area is 177 Å². The van der Waals surface area contributed by atoms with Gasteiger partial charge in [-0.2, -0.15) is 4.31 Å². The summed E-state index contributed by atoms with van der Waals surface area (Å²) in [4.78, 5) is 12.9. The maximum Gasteiger partial charge on any atom is 0.243 e. The molecule has 4 rings (SSSR count). The molecule has 2 aliphatic rings. The normalized spacial score (nSPS) is 20.9. The van der Waals surface area contributed by atoms with E-state index in [2.05, 4.69) is 14.9 Å². The van der Waals surface area contributed by atoms with Gasteiger partial charge >= 0.3 is 0 Å². The Morgan fingerprint density at radius 1 is 1.13 bits per heavy atom. The minimum Gasteiger partial charge on any atom is -0.382 e. The van der Waals surface area contributed by atoms with Crippen LogP contribution in [0.15, 0.2) is 64.6 Å². The maximum atomic E-state index is 13.2. The Morgan fingerprint density at radius 3 is 2.57 bits per heavy atom. The van der Waals surface area contributed by atoms with Gasteiger partial charge in [0.25, 0.3) is 0 Å². The molecule has 1 aromatic heterocycles. The third-order valence-electron chi connectivity index (χ3n) is 5.50. The number of hydrogen-bond acceptors (Lipinski definition) is 7. The number of pyridine rings is 1. The highest BCUT2D eigenvalue weighted by atomic mass is 32.2. The fraction of sp³-hybridized carbons (Fsp3) is 0.333. The fourth-order valence-corrected chi connectivity index (χ4v) is 5.41. The van der Waals surface area contributed by atoms with Crippen LogP contribution in [0.3, 0.4) is 0 Å². The van der Waals surface area contributed by atoms with Crippen molar-refractivity contribution < 1.29 is 8.42 Å². The molecule has 9 heteroatoms. The van der Waals surface area contributed by atoms with E-state index in [0.717, 1.165) is 24.3 Å². The molecular formula is C21H26N6O2S. The Morgan fingerprint density at radius 2 is 1.90 bits per heavy atom. The van der Waals surface area contributed by atoms with E-state index in [4.69, 9.17) is 5.73 Å². The van der Waals surface area contributed by atoms with Gasteiger partial charge in [0, 0.05) is 44.8 Å². The van der Waals surface area contributed by atoms with Gasteiger partial charge in [-0.3, -0.25) is 4.98 Å². The van der Waals surface area contributed by atoms with Crippen LogP contribution in [0.5, 0.6) is 0 Å². The van der Waals surface area contributed by atoms with E-state index in [0.29, 0.717) is 29.4 Å². The summed E-state index contributed by atoms with van der Waals surface area (Å²) in [7, 11) is -1.52. The number of anilines is 1. The smallest absolute Gasteiger partial charge is 0.243 e. The predicted molar refractivity (Wildman–Crippen MR) is 118 cm³/mol. The number of aliphatic imine (C=N–C) groups is 1. The zero-order valence-corrected chi connectivity index (χ0v) is 18.0. The molecule has 2 N–H and O–H groups in total. The molecule has 2 aliphatic heterocycles. The number of nitrogens with zero attached hydrogens (tertiary/aromatic N) is 5. The van der Waals surface area contributed by atoms with E-state index in [1.165, 1.54) is 0 Å². The molecule has 2 aromatic rings. The van der Waals surface area contributed by atoms with Gasteiger partial charge < -0.3 is 15.5 Å². The lowest BCUT2D eigenvalue weighted by Gasteiger charge is -2.32. The van der Waals surface area contributed by atoms with Crippen LogP contribution in [0.4, 0.5) is 5.69 Å². The number of nitrogens with two attached hydrogens (primary N) is 1. The highest BCUT2D eigenvalue weighted by molar-refractivity contribution is 7.89. The number of likely N-dealkylation sites (N-methyl/N-ethyl adjacent to an activating group) is 1. The molecule has 0 aliphatic carbocycles. The zero-order valence-electron chi connectivity index (χ0n) is 17.1. The second-order valence-electron chi connectivity index (χ2n) is 7.63. The fourth-order valence-electron chi connectivity index (χ4n) is 3.79. The molecular weight excluding hydrogens is 400 g/mol. The van der Waals surface area contributed by atoms with E-state index in [1.54, 1.807) is 35.2 Å². The average Bonchev–Trinajstić information content (AvgIpc) is 2.74. The molecule has 3 heterocycles. The first-order valence-corrected chi connectivity index (χ1v) is 11.3. The molecule has 0 amide bonds. The lowest BCUT2D eigenvalue weighted by Crippen LogP contribution is -2.47. The lowest BCUT2D eigenvalue weighted by atomic mass is 10.0. The van der Waals surface area contributed by atoms with Crippen molar-refractivity contribution in [3.63, 3.8) is 0 Å². The van der Waals surface area contributed by atoms with Crippen LogP contribution >= 0.6 is 0 Å². The van der Waals surface area contributed by atoms with Gasteiger partial charge in [-0.1, -0.05) is 12.1 Å². The molecule has 158 valence electrons. The molecule has 0 bridgehead atoms. The second kappa shape index (κ2) is 8.17. The van der Waals surface area contributed by atoms with Crippen molar-refractivity contribution in [2.75, 3.05) is 38.1 Å². The highest BCUT2D eigenvalue weighted by Gasteiger charge is 2.29. The van der Waals surface area contributed by atoms with Crippen LogP contribution < -0.4 is 10.6 Å². The van der Waals surface area contributed by atoms with Crippen LogP contribution in [0.25, 0.3) is 0 Å². The van der Waals surface area contributed by atoms with Crippen LogP contribution in [0.1, 0.15) is 17.2 Å². The summed E-state index contributed by atoms with van der Waals surface area (Å²) in [6.45, 7) is 4.33. The average molecular weight is 427 g/mol. The monoisotopic (exact) mass is 426 g/mol. The number of piperazine rings is 1. The summed E-state index contributed by atoms with van der Waals surface area (Å²) in [5.74, 6) is 0.404. The minimum atomic E-state index is -3.52. The number of hydrogen-bond donors (Lipinski definition) is 1. The number of aryl methyl sites for hydroxylation is 1. The number of aromatic nitrogens is 1. The molecule has 1 aromatic carbocycles. The van der Waals surface area contributed by atoms with Gasteiger partial charge in [0.15, 0.2) is 0 Å². The Hall–Kier alpha value is -2.75.